The molecular formula is C19H15FN4S. The lowest BCUT2D eigenvalue weighted by atomic mass is 10.1. The molecule has 0 fully saturated rings. The van der Waals surface area contributed by atoms with Gasteiger partial charge in [0.15, 0.2) is 5.16 Å². The van der Waals surface area contributed by atoms with E-state index in [1.54, 1.807) is 18.2 Å². The SMILES string of the molecule is N#Cc1c(N)nc(SCc2ccccc2)nc1Cc1ccccc1F. The minimum absolute atomic E-state index is 0.124. The van der Waals surface area contributed by atoms with Gasteiger partial charge < -0.3 is 5.73 Å². The quantitative estimate of drug-likeness (QED) is 0.557. The van der Waals surface area contributed by atoms with Gasteiger partial charge in [-0.15, -0.1) is 0 Å². The molecule has 0 atom stereocenters. The topological polar surface area (TPSA) is 75.6 Å². The van der Waals surface area contributed by atoms with Crippen molar-refractivity contribution in [1.29, 1.82) is 5.26 Å². The minimum Gasteiger partial charge on any atom is -0.382 e. The summed E-state index contributed by atoms with van der Waals surface area (Å²) in [6.07, 6.45) is 0.196. The van der Waals surface area contributed by atoms with Gasteiger partial charge in [0.25, 0.3) is 0 Å². The van der Waals surface area contributed by atoms with Gasteiger partial charge in [0.2, 0.25) is 0 Å². The molecule has 0 aliphatic heterocycles. The van der Waals surface area contributed by atoms with Gasteiger partial charge in [0, 0.05) is 12.2 Å². The summed E-state index contributed by atoms with van der Waals surface area (Å²) >= 11 is 1.43. The summed E-state index contributed by atoms with van der Waals surface area (Å²) in [6, 6.07) is 18.4. The van der Waals surface area contributed by atoms with E-state index < -0.39 is 0 Å². The zero-order valence-corrected chi connectivity index (χ0v) is 14.1. The molecular weight excluding hydrogens is 335 g/mol. The summed E-state index contributed by atoms with van der Waals surface area (Å²) in [5.41, 5.74) is 8.16. The Hall–Kier alpha value is -2.91. The number of nitrogen functional groups attached to an aromatic ring is 1. The highest BCUT2D eigenvalue weighted by atomic mass is 32.2. The van der Waals surface area contributed by atoms with E-state index in [0.29, 0.717) is 22.2 Å². The molecule has 0 unspecified atom stereocenters. The molecule has 1 heterocycles. The molecule has 4 nitrogen and oxygen atoms in total. The summed E-state index contributed by atoms with van der Waals surface area (Å²) in [4.78, 5) is 8.64. The molecule has 25 heavy (non-hydrogen) atoms. The number of rotatable bonds is 5. The summed E-state index contributed by atoms with van der Waals surface area (Å²) in [7, 11) is 0. The Morgan fingerprint density at radius 3 is 2.48 bits per heavy atom. The standard InChI is InChI=1S/C19H15FN4S/c20-16-9-5-4-8-14(16)10-17-15(11-21)18(22)24-19(23-17)25-12-13-6-2-1-3-7-13/h1-9H,10,12H2,(H2,22,23,24). The number of halogens is 1. The number of anilines is 1. The second-order valence-electron chi connectivity index (χ2n) is 5.37. The van der Waals surface area contributed by atoms with Gasteiger partial charge in [-0.05, 0) is 17.2 Å². The molecule has 2 aromatic carbocycles. The minimum atomic E-state index is -0.331. The van der Waals surface area contributed by atoms with Crippen molar-refractivity contribution in [3.8, 4) is 6.07 Å². The van der Waals surface area contributed by atoms with Crippen LogP contribution in [-0.4, -0.2) is 9.97 Å². The third kappa shape index (κ3) is 4.14. The van der Waals surface area contributed by atoms with Crippen LogP contribution < -0.4 is 5.73 Å². The van der Waals surface area contributed by atoms with Crippen molar-refractivity contribution >= 4 is 17.6 Å². The van der Waals surface area contributed by atoms with Crippen LogP contribution in [0.2, 0.25) is 0 Å². The first-order valence-corrected chi connectivity index (χ1v) is 8.62. The molecule has 0 saturated carbocycles. The number of hydrogen-bond donors (Lipinski definition) is 1. The van der Waals surface area contributed by atoms with Crippen molar-refractivity contribution in [3.05, 3.63) is 82.8 Å². The number of benzene rings is 2. The van der Waals surface area contributed by atoms with Crippen LogP contribution in [0.1, 0.15) is 22.4 Å². The van der Waals surface area contributed by atoms with E-state index >= 15 is 0 Å². The monoisotopic (exact) mass is 350 g/mol. The lowest BCUT2D eigenvalue weighted by Crippen LogP contribution is -2.06. The Labute approximate surface area is 149 Å². The Balaban J connectivity index is 1.87. The van der Waals surface area contributed by atoms with E-state index in [0.717, 1.165) is 5.56 Å². The van der Waals surface area contributed by atoms with Crippen LogP contribution in [0.5, 0.6) is 0 Å². The number of nitrogens with two attached hydrogens (primary N) is 1. The van der Waals surface area contributed by atoms with E-state index in [-0.39, 0.29) is 23.6 Å². The molecule has 0 spiro atoms. The lowest BCUT2D eigenvalue weighted by Gasteiger charge is -2.09. The van der Waals surface area contributed by atoms with Crippen LogP contribution in [0.15, 0.2) is 59.8 Å². The number of aromatic nitrogens is 2. The summed E-state index contributed by atoms with van der Waals surface area (Å²) in [5.74, 6) is 0.479. The fourth-order valence-electron chi connectivity index (χ4n) is 2.36. The second kappa shape index (κ2) is 7.77. The fourth-order valence-corrected chi connectivity index (χ4v) is 3.19. The highest BCUT2D eigenvalue weighted by Gasteiger charge is 2.15. The van der Waals surface area contributed by atoms with Crippen LogP contribution in [0.4, 0.5) is 10.2 Å². The van der Waals surface area contributed by atoms with Crippen molar-refractivity contribution in [1.82, 2.24) is 9.97 Å². The molecule has 0 radical (unpaired) electrons. The molecule has 6 heteroatoms. The molecule has 3 aromatic rings. The van der Waals surface area contributed by atoms with Gasteiger partial charge >= 0.3 is 0 Å². The molecule has 124 valence electrons. The maximum Gasteiger partial charge on any atom is 0.190 e. The van der Waals surface area contributed by atoms with Gasteiger partial charge in [0.1, 0.15) is 23.3 Å². The molecule has 0 aliphatic carbocycles. The van der Waals surface area contributed by atoms with Crippen LogP contribution in [0.25, 0.3) is 0 Å². The van der Waals surface area contributed by atoms with Crippen molar-refractivity contribution in [3.63, 3.8) is 0 Å². The van der Waals surface area contributed by atoms with E-state index in [9.17, 15) is 9.65 Å². The van der Waals surface area contributed by atoms with Crippen LogP contribution >= 0.6 is 11.8 Å². The smallest absolute Gasteiger partial charge is 0.190 e. The molecule has 3 rings (SSSR count). The van der Waals surface area contributed by atoms with Crippen LogP contribution in [0, 0.1) is 17.1 Å². The van der Waals surface area contributed by atoms with Crippen LogP contribution in [-0.2, 0) is 12.2 Å². The van der Waals surface area contributed by atoms with Crippen molar-refractivity contribution in [2.24, 2.45) is 0 Å². The zero-order chi connectivity index (χ0) is 17.6. The lowest BCUT2D eigenvalue weighted by molar-refractivity contribution is 0.612. The summed E-state index contributed by atoms with van der Waals surface area (Å²) in [5, 5.41) is 9.81. The van der Waals surface area contributed by atoms with Gasteiger partial charge in [-0.25, -0.2) is 14.4 Å². The summed E-state index contributed by atoms with van der Waals surface area (Å²) in [6.45, 7) is 0. The average Bonchev–Trinajstić information content (AvgIpc) is 2.63. The van der Waals surface area contributed by atoms with Crippen LogP contribution in [0.3, 0.4) is 0 Å². The number of thioether (sulfide) groups is 1. The van der Waals surface area contributed by atoms with Gasteiger partial charge in [0.05, 0.1) is 5.69 Å². The molecule has 0 saturated heterocycles. The Bertz CT molecular complexity index is 922. The predicted octanol–water partition coefficient (Wildman–Crippen LogP) is 3.95. The number of nitrogens with zero attached hydrogens (tertiary/aromatic N) is 3. The van der Waals surface area contributed by atoms with Crippen molar-refractivity contribution in [2.75, 3.05) is 5.73 Å². The molecule has 2 N–H and O–H groups in total. The van der Waals surface area contributed by atoms with E-state index in [1.165, 1.54) is 17.8 Å². The van der Waals surface area contributed by atoms with Gasteiger partial charge in [-0.1, -0.05) is 60.3 Å². The third-order valence-corrected chi connectivity index (χ3v) is 4.55. The second-order valence-corrected chi connectivity index (χ2v) is 6.31. The van der Waals surface area contributed by atoms with Gasteiger partial charge in [-0.2, -0.15) is 5.26 Å². The largest absolute Gasteiger partial charge is 0.382 e. The molecule has 1 aromatic heterocycles. The van der Waals surface area contributed by atoms with E-state index in [2.05, 4.69) is 9.97 Å². The van der Waals surface area contributed by atoms with E-state index in [1.807, 2.05) is 36.4 Å². The first kappa shape index (κ1) is 16.9. The first-order valence-electron chi connectivity index (χ1n) is 7.64. The zero-order valence-electron chi connectivity index (χ0n) is 13.3. The number of nitriles is 1. The number of hydrogen-bond acceptors (Lipinski definition) is 5. The van der Waals surface area contributed by atoms with Crippen molar-refractivity contribution in [2.45, 2.75) is 17.3 Å². The Kier molecular flexibility index (Phi) is 5.26. The third-order valence-electron chi connectivity index (χ3n) is 3.63. The predicted molar refractivity (Wildman–Crippen MR) is 96.4 cm³/mol. The highest BCUT2D eigenvalue weighted by molar-refractivity contribution is 7.98. The Morgan fingerprint density at radius 2 is 1.76 bits per heavy atom. The van der Waals surface area contributed by atoms with E-state index in [4.69, 9.17) is 5.73 Å². The first-order chi connectivity index (χ1) is 12.2. The normalized spacial score (nSPS) is 10.4. The maximum atomic E-state index is 13.9. The van der Waals surface area contributed by atoms with Crippen molar-refractivity contribution < 1.29 is 4.39 Å². The highest BCUT2D eigenvalue weighted by Crippen LogP contribution is 2.24. The fraction of sp³-hybridized carbons (Fsp3) is 0.105. The molecule has 0 bridgehead atoms. The average molecular weight is 350 g/mol. The molecule has 0 aliphatic rings. The summed E-state index contributed by atoms with van der Waals surface area (Å²) < 4.78 is 13.9. The Morgan fingerprint density at radius 1 is 1.04 bits per heavy atom. The molecule has 0 amide bonds. The van der Waals surface area contributed by atoms with Gasteiger partial charge in [-0.3, -0.25) is 0 Å². The maximum absolute atomic E-state index is 13.9.